The van der Waals surface area contributed by atoms with Crippen molar-refractivity contribution in [2.45, 2.75) is 18.7 Å². The molecule has 66 valence electrons. The molecule has 0 aromatic heterocycles. The lowest BCUT2D eigenvalue weighted by Crippen LogP contribution is -2.33. The van der Waals surface area contributed by atoms with Crippen LogP contribution in [0.3, 0.4) is 0 Å². The standard InChI is InChI=1S/C7H14BrNO2/c1-5(4-10)3-9-7(11)6(2)8/h5-6,10H,3-4H2,1-2H3,(H,9,11). The molecule has 0 aromatic carbocycles. The third kappa shape index (κ3) is 5.21. The molecule has 0 rings (SSSR count). The summed E-state index contributed by atoms with van der Waals surface area (Å²) in [6.07, 6.45) is 0. The molecule has 0 fully saturated rings. The van der Waals surface area contributed by atoms with E-state index in [1.54, 1.807) is 6.92 Å². The molecule has 2 unspecified atom stereocenters. The first-order valence-electron chi connectivity index (χ1n) is 3.60. The maximum atomic E-state index is 10.9. The number of hydrogen-bond donors (Lipinski definition) is 2. The Balaban J connectivity index is 3.46. The van der Waals surface area contributed by atoms with E-state index >= 15 is 0 Å². The quantitative estimate of drug-likeness (QED) is 0.683. The van der Waals surface area contributed by atoms with Gasteiger partial charge in [-0.25, -0.2) is 0 Å². The highest BCUT2D eigenvalue weighted by Gasteiger charge is 2.08. The van der Waals surface area contributed by atoms with Crippen LogP contribution in [-0.4, -0.2) is 29.0 Å². The molecule has 0 bridgehead atoms. The van der Waals surface area contributed by atoms with E-state index < -0.39 is 0 Å². The van der Waals surface area contributed by atoms with Crippen LogP contribution in [-0.2, 0) is 4.79 Å². The van der Waals surface area contributed by atoms with Gasteiger partial charge in [-0.3, -0.25) is 4.79 Å². The third-order valence-corrected chi connectivity index (χ3v) is 1.71. The van der Waals surface area contributed by atoms with Crippen LogP contribution in [0.1, 0.15) is 13.8 Å². The molecule has 0 heterocycles. The van der Waals surface area contributed by atoms with E-state index in [1.165, 1.54) is 0 Å². The summed E-state index contributed by atoms with van der Waals surface area (Å²) in [6.45, 7) is 4.28. The molecule has 4 heteroatoms. The first kappa shape index (κ1) is 10.9. The molecule has 0 aliphatic rings. The van der Waals surface area contributed by atoms with Gasteiger partial charge >= 0.3 is 0 Å². The second-order valence-corrected chi connectivity index (χ2v) is 4.02. The summed E-state index contributed by atoms with van der Waals surface area (Å²) in [6, 6.07) is 0. The normalized spacial score (nSPS) is 15.6. The minimum Gasteiger partial charge on any atom is -0.396 e. The fraction of sp³-hybridized carbons (Fsp3) is 0.857. The Hall–Kier alpha value is -0.0900. The monoisotopic (exact) mass is 223 g/mol. The van der Waals surface area contributed by atoms with Crippen molar-refractivity contribution < 1.29 is 9.90 Å². The Bertz CT molecular complexity index is 128. The molecule has 0 aliphatic carbocycles. The summed E-state index contributed by atoms with van der Waals surface area (Å²) in [5, 5.41) is 11.3. The van der Waals surface area contributed by atoms with E-state index in [2.05, 4.69) is 21.2 Å². The summed E-state index contributed by atoms with van der Waals surface area (Å²) in [5.74, 6) is 0.0931. The lowest BCUT2D eigenvalue weighted by atomic mass is 10.2. The number of rotatable bonds is 4. The van der Waals surface area contributed by atoms with Crippen LogP contribution in [0, 0.1) is 5.92 Å². The van der Waals surface area contributed by atoms with Crippen LogP contribution in [0.15, 0.2) is 0 Å². The molecule has 0 saturated carbocycles. The van der Waals surface area contributed by atoms with Crippen molar-refractivity contribution in [1.29, 1.82) is 0 Å². The molecule has 0 spiro atoms. The van der Waals surface area contributed by atoms with Crippen molar-refractivity contribution in [3.05, 3.63) is 0 Å². The summed E-state index contributed by atoms with van der Waals surface area (Å²) in [7, 11) is 0. The van der Waals surface area contributed by atoms with Gasteiger partial charge in [0.05, 0.1) is 4.83 Å². The average Bonchev–Trinajstić information content (AvgIpc) is 1.99. The highest BCUT2D eigenvalue weighted by molar-refractivity contribution is 9.10. The van der Waals surface area contributed by atoms with E-state index in [9.17, 15) is 4.79 Å². The predicted molar refractivity (Wildman–Crippen MR) is 47.6 cm³/mol. The summed E-state index contributed by atoms with van der Waals surface area (Å²) in [5.41, 5.74) is 0. The lowest BCUT2D eigenvalue weighted by molar-refractivity contribution is -0.120. The number of aliphatic hydroxyl groups is 1. The van der Waals surface area contributed by atoms with Gasteiger partial charge in [0.1, 0.15) is 0 Å². The number of hydrogen-bond acceptors (Lipinski definition) is 2. The summed E-state index contributed by atoms with van der Waals surface area (Å²) < 4.78 is 0. The van der Waals surface area contributed by atoms with Crippen LogP contribution in [0.25, 0.3) is 0 Å². The van der Waals surface area contributed by atoms with Crippen molar-refractivity contribution >= 4 is 21.8 Å². The summed E-state index contributed by atoms with van der Waals surface area (Å²) in [4.78, 5) is 10.8. The number of alkyl halides is 1. The topological polar surface area (TPSA) is 49.3 Å². The predicted octanol–water partition coefficient (Wildman–Crippen LogP) is 0.514. The smallest absolute Gasteiger partial charge is 0.233 e. The van der Waals surface area contributed by atoms with Crippen molar-refractivity contribution in [2.24, 2.45) is 5.92 Å². The highest BCUT2D eigenvalue weighted by Crippen LogP contribution is 1.97. The Morgan fingerprint density at radius 3 is 2.55 bits per heavy atom. The maximum absolute atomic E-state index is 10.9. The Kier molecular flexibility index (Phi) is 5.50. The van der Waals surface area contributed by atoms with Gasteiger partial charge in [0.15, 0.2) is 0 Å². The van der Waals surface area contributed by atoms with E-state index in [0.29, 0.717) is 6.54 Å². The van der Waals surface area contributed by atoms with Gasteiger partial charge in [0.2, 0.25) is 5.91 Å². The average molecular weight is 224 g/mol. The van der Waals surface area contributed by atoms with Gasteiger partial charge in [-0.05, 0) is 12.8 Å². The minimum atomic E-state index is -0.159. The van der Waals surface area contributed by atoms with Crippen molar-refractivity contribution in [3.63, 3.8) is 0 Å². The zero-order chi connectivity index (χ0) is 8.85. The number of halogens is 1. The van der Waals surface area contributed by atoms with Crippen LogP contribution in [0.5, 0.6) is 0 Å². The molecule has 2 atom stereocenters. The number of carbonyl (C=O) groups is 1. The SMILES string of the molecule is CC(CO)CNC(=O)C(C)Br. The molecule has 0 saturated heterocycles. The highest BCUT2D eigenvalue weighted by atomic mass is 79.9. The molecule has 11 heavy (non-hydrogen) atoms. The Morgan fingerprint density at radius 1 is 1.64 bits per heavy atom. The van der Waals surface area contributed by atoms with Crippen LogP contribution in [0.2, 0.25) is 0 Å². The number of aliphatic hydroxyl groups excluding tert-OH is 1. The molecule has 1 amide bonds. The van der Waals surface area contributed by atoms with Gasteiger partial charge < -0.3 is 10.4 Å². The van der Waals surface area contributed by atoms with Gasteiger partial charge in [-0.15, -0.1) is 0 Å². The third-order valence-electron chi connectivity index (χ3n) is 1.30. The number of amides is 1. The molecular weight excluding hydrogens is 210 g/mol. The second kappa shape index (κ2) is 5.55. The molecule has 0 radical (unpaired) electrons. The second-order valence-electron chi connectivity index (χ2n) is 2.65. The number of carbonyl (C=O) groups excluding carboxylic acids is 1. The Morgan fingerprint density at radius 2 is 2.18 bits per heavy atom. The molecule has 3 nitrogen and oxygen atoms in total. The van der Waals surface area contributed by atoms with Crippen molar-refractivity contribution in [2.75, 3.05) is 13.2 Å². The van der Waals surface area contributed by atoms with Gasteiger partial charge in [0, 0.05) is 13.2 Å². The minimum absolute atomic E-state index is 0.0368. The lowest BCUT2D eigenvalue weighted by Gasteiger charge is -2.10. The van der Waals surface area contributed by atoms with E-state index in [-0.39, 0.29) is 23.3 Å². The van der Waals surface area contributed by atoms with Gasteiger partial charge in [0.25, 0.3) is 0 Å². The molecule has 2 N–H and O–H groups in total. The number of nitrogens with one attached hydrogen (secondary N) is 1. The van der Waals surface area contributed by atoms with E-state index in [4.69, 9.17) is 5.11 Å². The summed E-state index contributed by atoms with van der Waals surface area (Å²) >= 11 is 3.14. The van der Waals surface area contributed by atoms with E-state index in [0.717, 1.165) is 0 Å². The largest absolute Gasteiger partial charge is 0.396 e. The van der Waals surface area contributed by atoms with Crippen molar-refractivity contribution in [3.8, 4) is 0 Å². The van der Waals surface area contributed by atoms with Crippen LogP contribution < -0.4 is 5.32 Å². The first-order valence-corrected chi connectivity index (χ1v) is 4.52. The fourth-order valence-electron chi connectivity index (χ4n) is 0.480. The Labute approximate surface area is 75.3 Å². The van der Waals surface area contributed by atoms with Gasteiger partial charge in [-0.2, -0.15) is 0 Å². The van der Waals surface area contributed by atoms with Crippen LogP contribution in [0.4, 0.5) is 0 Å². The zero-order valence-electron chi connectivity index (χ0n) is 6.80. The first-order chi connectivity index (χ1) is 5.07. The molecule has 0 aromatic rings. The van der Waals surface area contributed by atoms with Crippen LogP contribution >= 0.6 is 15.9 Å². The molecular formula is C7H14BrNO2. The molecule has 0 aliphatic heterocycles. The van der Waals surface area contributed by atoms with Crippen molar-refractivity contribution in [1.82, 2.24) is 5.32 Å². The maximum Gasteiger partial charge on any atom is 0.233 e. The van der Waals surface area contributed by atoms with E-state index in [1.807, 2.05) is 6.92 Å². The zero-order valence-corrected chi connectivity index (χ0v) is 8.39. The van der Waals surface area contributed by atoms with Gasteiger partial charge in [-0.1, -0.05) is 22.9 Å². The fourth-order valence-corrected chi connectivity index (χ4v) is 0.642.